The summed E-state index contributed by atoms with van der Waals surface area (Å²) in [6.45, 7) is 0.468. The fourth-order valence-corrected chi connectivity index (χ4v) is 3.82. The summed E-state index contributed by atoms with van der Waals surface area (Å²) in [5, 5.41) is 7.86. The molecule has 0 bridgehead atoms. The number of anilines is 1. The highest BCUT2D eigenvalue weighted by atomic mass is 32.1. The first-order valence-electron chi connectivity index (χ1n) is 7.11. The minimum Gasteiger partial charge on any atom is -0.380 e. The third-order valence-corrected chi connectivity index (χ3v) is 5.15. The molecule has 0 aliphatic rings. The maximum absolute atomic E-state index is 12.2. The van der Waals surface area contributed by atoms with Crippen LogP contribution in [0.4, 0.5) is 5.69 Å². The van der Waals surface area contributed by atoms with E-state index in [1.54, 1.807) is 29.8 Å². The number of benzene rings is 1. The summed E-state index contributed by atoms with van der Waals surface area (Å²) in [6.07, 6.45) is 0.267. The van der Waals surface area contributed by atoms with Gasteiger partial charge in [0.05, 0.1) is 23.6 Å². The van der Waals surface area contributed by atoms with Gasteiger partial charge in [-0.15, -0.1) is 22.7 Å². The van der Waals surface area contributed by atoms with E-state index in [0.29, 0.717) is 6.61 Å². The van der Waals surface area contributed by atoms with Crippen LogP contribution in [0, 0.1) is 0 Å². The summed E-state index contributed by atoms with van der Waals surface area (Å²) in [7, 11) is 1.64. The third kappa shape index (κ3) is 4.04. The van der Waals surface area contributed by atoms with Crippen molar-refractivity contribution in [3.8, 4) is 9.88 Å². The first-order chi connectivity index (χ1) is 11.3. The van der Waals surface area contributed by atoms with Gasteiger partial charge in [-0.25, -0.2) is 4.98 Å². The molecule has 3 rings (SSSR count). The number of aromatic nitrogens is 1. The predicted molar refractivity (Wildman–Crippen MR) is 94.9 cm³/mol. The van der Waals surface area contributed by atoms with Crippen molar-refractivity contribution in [2.24, 2.45) is 0 Å². The van der Waals surface area contributed by atoms with Crippen molar-refractivity contribution < 1.29 is 9.53 Å². The van der Waals surface area contributed by atoms with Crippen molar-refractivity contribution in [3.63, 3.8) is 0 Å². The molecule has 1 N–H and O–H groups in total. The highest BCUT2D eigenvalue weighted by molar-refractivity contribution is 7.20. The molecule has 4 nitrogen and oxygen atoms in total. The first kappa shape index (κ1) is 15.9. The van der Waals surface area contributed by atoms with E-state index in [9.17, 15) is 4.79 Å². The number of nitrogens with one attached hydrogen (secondary N) is 1. The molecule has 118 valence electrons. The summed E-state index contributed by atoms with van der Waals surface area (Å²) in [5.74, 6) is -0.0726. The summed E-state index contributed by atoms with van der Waals surface area (Å²) in [4.78, 5) is 17.9. The van der Waals surface area contributed by atoms with Gasteiger partial charge in [0.1, 0.15) is 5.01 Å². The zero-order chi connectivity index (χ0) is 16.1. The molecule has 0 radical (unpaired) electrons. The van der Waals surface area contributed by atoms with Crippen molar-refractivity contribution in [3.05, 3.63) is 58.4 Å². The number of hydrogen-bond donors (Lipinski definition) is 1. The number of methoxy groups -OCH3 is 1. The van der Waals surface area contributed by atoms with Gasteiger partial charge in [-0.2, -0.15) is 0 Å². The number of nitrogens with zero attached hydrogens (tertiary/aromatic N) is 1. The standard InChI is InChI=1S/C17H16N2O2S2/c1-21-10-12-5-2-3-6-14(12)19-16(20)9-13-11-23-17(18-13)15-7-4-8-22-15/h2-8,11H,9-10H2,1H3,(H,19,20). The lowest BCUT2D eigenvalue weighted by atomic mass is 10.2. The number of amides is 1. The number of thiazole rings is 1. The second-order valence-electron chi connectivity index (χ2n) is 4.94. The van der Waals surface area contributed by atoms with Crippen molar-refractivity contribution in [2.45, 2.75) is 13.0 Å². The average molecular weight is 344 g/mol. The largest absolute Gasteiger partial charge is 0.380 e. The van der Waals surface area contributed by atoms with Gasteiger partial charge in [-0.1, -0.05) is 24.3 Å². The Morgan fingerprint density at radius 3 is 2.87 bits per heavy atom. The fraction of sp³-hybridized carbons (Fsp3) is 0.176. The van der Waals surface area contributed by atoms with Crippen LogP contribution >= 0.6 is 22.7 Å². The Morgan fingerprint density at radius 1 is 1.22 bits per heavy atom. The number of ether oxygens (including phenoxy) is 1. The molecule has 0 atom stereocenters. The van der Waals surface area contributed by atoms with E-state index in [1.807, 2.05) is 47.2 Å². The molecule has 2 aromatic heterocycles. The Morgan fingerprint density at radius 2 is 2.09 bits per heavy atom. The van der Waals surface area contributed by atoms with Crippen molar-refractivity contribution in [2.75, 3.05) is 12.4 Å². The SMILES string of the molecule is COCc1ccccc1NC(=O)Cc1csc(-c2cccs2)n1. The molecule has 2 heterocycles. The molecule has 1 aromatic carbocycles. The van der Waals surface area contributed by atoms with E-state index < -0.39 is 0 Å². The lowest BCUT2D eigenvalue weighted by Gasteiger charge is -2.09. The highest BCUT2D eigenvalue weighted by Gasteiger charge is 2.11. The van der Waals surface area contributed by atoms with Crippen LogP contribution in [0.15, 0.2) is 47.2 Å². The number of thiophene rings is 1. The van der Waals surface area contributed by atoms with Gasteiger partial charge < -0.3 is 10.1 Å². The summed E-state index contributed by atoms with van der Waals surface area (Å²) < 4.78 is 5.15. The molecule has 0 aliphatic heterocycles. The van der Waals surface area contributed by atoms with Gasteiger partial charge in [0.25, 0.3) is 0 Å². The number of carbonyl (C=O) groups is 1. The van der Waals surface area contributed by atoms with Crippen molar-refractivity contribution >= 4 is 34.3 Å². The molecule has 0 unspecified atom stereocenters. The van der Waals surface area contributed by atoms with Crippen LogP contribution in [0.1, 0.15) is 11.3 Å². The molecular weight excluding hydrogens is 328 g/mol. The van der Waals surface area contributed by atoms with Crippen LogP contribution in [0.5, 0.6) is 0 Å². The molecule has 6 heteroatoms. The van der Waals surface area contributed by atoms with Gasteiger partial charge in [0.15, 0.2) is 0 Å². The lowest BCUT2D eigenvalue weighted by Crippen LogP contribution is -2.16. The molecule has 0 fully saturated rings. The molecule has 0 saturated carbocycles. The predicted octanol–water partition coefficient (Wildman–Crippen LogP) is 4.20. The molecule has 1 amide bonds. The maximum Gasteiger partial charge on any atom is 0.230 e. The minimum absolute atomic E-state index is 0.0726. The van der Waals surface area contributed by atoms with Gasteiger partial charge in [0.2, 0.25) is 5.91 Å². The fourth-order valence-electron chi connectivity index (χ4n) is 2.18. The summed E-state index contributed by atoms with van der Waals surface area (Å²) in [6, 6.07) is 11.7. The molecule has 3 aromatic rings. The van der Waals surface area contributed by atoms with Crippen LogP contribution in [0.2, 0.25) is 0 Å². The van der Waals surface area contributed by atoms with Crippen LogP contribution in [-0.4, -0.2) is 18.0 Å². The van der Waals surface area contributed by atoms with Gasteiger partial charge in [0, 0.05) is 23.7 Å². The number of hydrogen-bond acceptors (Lipinski definition) is 5. The summed E-state index contributed by atoms with van der Waals surface area (Å²) >= 11 is 3.22. The van der Waals surface area contributed by atoms with Crippen LogP contribution in [0.25, 0.3) is 9.88 Å². The zero-order valence-corrected chi connectivity index (χ0v) is 14.2. The van der Waals surface area contributed by atoms with Gasteiger partial charge in [-0.3, -0.25) is 4.79 Å². The van der Waals surface area contributed by atoms with Crippen molar-refractivity contribution in [1.82, 2.24) is 4.98 Å². The molecule has 0 aliphatic carbocycles. The third-order valence-electron chi connectivity index (χ3n) is 3.22. The Balaban J connectivity index is 1.66. The Bertz CT molecular complexity index is 782. The number of carbonyl (C=O) groups excluding carboxylic acids is 1. The Labute approximate surface area is 142 Å². The van der Waals surface area contributed by atoms with Crippen LogP contribution in [-0.2, 0) is 22.6 Å². The molecule has 23 heavy (non-hydrogen) atoms. The topological polar surface area (TPSA) is 51.2 Å². The molecule has 0 saturated heterocycles. The van der Waals surface area contributed by atoms with E-state index in [0.717, 1.165) is 26.8 Å². The highest BCUT2D eigenvalue weighted by Crippen LogP contribution is 2.28. The van der Waals surface area contributed by atoms with E-state index in [1.165, 1.54) is 0 Å². The second kappa shape index (κ2) is 7.50. The summed E-state index contributed by atoms with van der Waals surface area (Å²) in [5.41, 5.74) is 2.54. The quantitative estimate of drug-likeness (QED) is 0.729. The first-order valence-corrected chi connectivity index (χ1v) is 8.87. The molecular formula is C17H16N2O2S2. The maximum atomic E-state index is 12.2. The van der Waals surface area contributed by atoms with Gasteiger partial charge in [-0.05, 0) is 17.5 Å². The number of para-hydroxylation sites is 1. The second-order valence-corrected chi connectivity index (χ2v) is 6.74. The van der Waals surface area contributed by atoms with E-state index >= 15 is 0 Å². The van der Waals surface area contributed by atoms with Crippen LogP contribution < -0.4 is 5.32 Å². The Hall–Kier alpha value is -2.02. The van der Waals surface area contributed by atoms with Gasteiger partial charge >= 0.3 is 0 Å². The number of rotatable bonds is 6. The lowest BCUT2D eigenvalue weighted by molar-refractivity contribution is -0.115. The van der Waals surface area contributed by atoms with E-state index in [-0.39, 0.29) is 12.3 Å². The Kier molecular flexibility index (Phi) is 5.17. The van der Waals surface area contributed by atoms with Crippen molar-refractivity contribution in [1.29, 1.82) is 0 Å². The average Bonchev–Trinajstić information content (AvgIpc) is 3.20. The van der Waals surface area contributed by atoms with E-state index in [4.69, 9.17) is 4.74 Å². The molecule has 0 spiro atoms. The zero-order valence-electron chi connectivity index (χ0n) is 12.6. The van der Waals surface area contributed by atoms with Crippen LogP contribution in [0.3, 0.4) is 0 Å². The normalized spacial score (nSPS) is 10.7. The minimum atomic E-state index is -0.0726. The van der Waals surface area contributed by atoms with E-state index in [2.05, 4.69) is 10.3 Å². The monoisotopic (exact) mass is 344 g/mol. The smallest absolute Gasteiger partial charge is 0.230 e.